The lowest BCUT2D eigenvalue weighted by Crippen LogP contribution is -2.07. The molecule has 1 N–H and O–H groups in total. The van der Waals surface area contributed by atoms with Crippen LogP contribution in [0.2, 0.25) is 5.15 Å². The second kappa shape index (κ2) is 6.56. The highest BCUT2D eigenvalue weighted by Gasteiger charge is 2.01. The van der Waals surface area contributed by atoms with E-state index in [-0.39, 0.29) is 0 Å². The van der Waals surface area contributed by atoms with Crippen molar-refractivity contribution in [2.45, 2.75) is 11.6 Å². The second-order valence-electron chi connectivity index (χ2n) is 3.59. The summed E-state index contributed by atoms with van der Waals surface area (Å²) in [6.07, 6.45) is 6.43. The van der Waals surface area contributed by atoms with Crippen LogP contribution in [-0.4, -0.2) is 27.8 Å². The molecule has 0 bridgehead atoms. The Bertz CT molecular complexity index is 507. The Kier molecular flexibility index (Phi) is 4.78. The normalized spacial score (nSPS) is 10.3. The summed E-state index contributed by atoms with van der Waals surface area (Å²) in [6, 6.07) is 5.73. The minimum atomic E-state index is 0.459. The average Bonchev–Trinajstić information content (AvgIpc) is 2.39. The smallest absolute Gasteiger partial charge is 0.190 e. The molecule has 2 rings (SSSR count). The van der Waals surface area contributed by atoms with Crippen LogP contribution in [0, 0.1) is 0 Å². The highest BCUT2D eigenvalue weighted by molar-refractivity contribution is 7.98. The molecule has 6 heteroatoms. The highest BCUT2D eigenvalue weighted by atomic mass is 35.5. The number of rotatable bonds is 5. The van der Waals surface area contributed by atoms with E-state index in [0.29, 0.717) is 10.3 Å². The molecule has 2 aromatic rings. The second-order valence-corrected chi connectivity index (χ2v) is 4.76. The summed E-state index contributed by atoms with van der Waals surface area (Å²) in [6.45, 7) is 0.797. The van der Waals surface area contributed by atoms with Crippen LogP contribution in [0.1, 0.15) is 5.56 Å². The zero-order chi connectivity index (χ0) is 12.8. The molecule has 0 aliphatic rings. The number of nitrogens with one attached hydrogen (secondary N) is 1. The first-order chi connectivity index (χ1) is 8.78. The van der Waals surface area contributed by atoms with Gasteiger partial charge in [-0.05, 0) is 30.4 Å². The minimum absolute atomic E-state index is 0.459. The third-order valence-corrected chi connectivity index (χ3v) is 3.07. The van der Waals surface area contributed by atoms with Crippen molar-refractivity contribution >= 4 is 29.2 Å². The summed E-state index contributed by atoms with van der Waals surface area (Å²) in [5, 5.41) is 4.37. The number of pyridine rings is 1. The van der Waals surface area contributed by atoms with Crippen LogP contribution in [-0.2, 0) is 6.42 Å². The summed E-state index contributed by atoms with van der Waals surface area (Å²) in [4.78, 5) is 12.4. The molecule has 0 unspecified atom stereocenters. The van der Waals surface area contributed by atoms with E-state index in [2.05, 4.69) is 20.3 Å². The quantitative estimate of drug-likeness (QED) is 0.518. The lowest BCUT2D eigenvalue weighted by molar-refractivity contribution is 0.940. The zero-order valence-electron chi connectivity index (χ0n) is 9.93. The summed E-state index contributed by atoms with van der Waals surface area (Å²) >= 11 is 7.38. The third-order valence-electron chi connectivity index (χ3n) is 2.33. The first-order valence-corrected chi connectivity index (χ1v) is 7.09. The van der Waals surface area contributed by atoms with Crippen LogP contribution >= 0.6 is 23.4 Å². The maximum absolute atomic E-state index is 5.91. The van der Waals surface area contributed by atoms with Gasteiger partial charge in [-0.25, -0.2) is 9.97 Å². The van der Waals surface area contributed by atoms with Crippen LogP contribution in [0.3, 0.4) is 0 Å². The van der Waals surface area contributed by atoms with Gasteiger partial charge in [-0.15, -0.1) is 0 Å². The van der Waals surface area contributed by atoms with Gasteiger partial charge in [0.1, 0.15) is 11.0 Å². The maximum Gasteiger partial charge on any atom is 0.190 e. The van der Waals surface area contributed by atoms with Crippen molar-refractivity contribution < 1.29 is 0 Å². The summed E-state index contributed by atoms with van der Waals surface area (Å²) in [5.41, 5.74) is 1.24. The molecular weight excluding hydrogens is 268 g/mol. The molecule has 2 heterocycles. The number of hydrogen-bond donors (Lipinski definition) is 1. The molecule has 2 aromatic heterocycles. The van der Waals surface area contributed by atoms with Gasteiger partial charge in [0.2, 0.25) is 0 Å². The molecule has 0 radical (unpaired) electrons. The third kappa shape index (κ3) is 3.85. The van der Waals surface area contributed by atoms with Crippen molar-refractivity contribution in [2.24, 2.45) is 0 Å². The summed E-state index contributed by atoms with van der Waals surface area (Å²) < 4.78 is 0. The van der Waals surface area contributed by atoms with E-state index in [1.54, 1.807) is 18.5 Å². The predicted octanol–water partition coefficient (Wildman–Crippen LogP) is 2.90. The monoisotopic (exact) mass is 280 g/mol. The largest absolute Gasteiger partial charge is 0.370 e. The van der Waals surface area contributed by atoms with Crippen molar-refractivity contribution in [3.63, 3.8) is 0 Å². The van der Waals surface area contributed by atoms with Crippen molar-refractivity contribution in [2.75, 3.05) is 18.1 Å². The van der Waals surface area contributed by atoms with Gasteiger partial charge < -0.3 is 5.32 Å². The van der Waals surface area contributed by atoms with Crippen LogP contribution in [0.4, 0.5) is 5.82 Å². The molecule has 0 amide bonds. The Balaban J connectivity index is 1.92. The molecule has 0 saturated carbocycles. The minimum Gasteiger partial charge on any atom is -0.370 e. The summed E-state index contributed by atoms with van der Waals surface area (Å²) in [5.74, 6) is 0.758. The maximum atomic E-state index is 5.91. The fourth-order valence-electron chi connectivity index (χ4n) is 1.46. The van der Waals surface area contributed by atoms with Crippen LogP contribution in [0.25, 0.3) is 0 Å². The van der Waals surface area contributed by atoms with E-state index in [1.807, 2.05) is 18.4 Å². The molecule has 0 atom stereocenters. The van der Waals surface area contributed by atoms with Crippen LogP contribution in [0.5, 0.6) is 0 Å². The van der Waals surface area contributed by atoms with Crippen molar-refractivity contribution in [3.8, 4) is 0 Å². The topological polar surface area (TPSA) is 50.7 Å². The van der Waals surface area contributed by atoms with E-state index in [0.717, 1.165) is 18.8 Å². The Morgan fingerprint density at radius 2 is 2.06 bits per heavy atom. The Morgan fingerprint density at radius 1 is 1.28 bits per heavy atom. The highest BCUT2D eigenvalue weighted by Crippen LogP contribution is 2.17. The zero-order valence-corrected chi connectivity index (χ0v) is 11.5. The van der Waals surface area contributed by atoms with Gasteiger partial charge in [0.25, 0.3) is 0 Å². The van der Waals surface area contributed by atoms with Gasteiger partial charge >= 0.3 is 0 Å². The first-order valence-electron chi connectivity index (χ1n) is 5.49. The van der Waals surface area contributed by atoms with E-state index in [4.69, 9.17) is 11.6 Å². The Morgan fingerprint density at radius 3 is 2.78 bits per heavy atom. The van der Waals surface area contributed by atoms with E-state index in [1.165, 1.54) is 17.3 Å². The lowest BCUT2D eigenvalue weighted by Gasteiger charge is -2.06. The van der Waals surface area contributed by atoms with Gasteiger partial charge in [-0.3, -0.25) is 4.98 Å². The fraction of sp³-hybridized carbons (Fsp3) is 0.250. The average molecular weight is 281 g/mol. The van der Waals surface area contributed by atoms with Gasteiger partial charge in [0.15, 0.2) is 5.16 Å². The van der Waals surface area contributed by atoms with Crippen LogP contribution < -0.4 is 5.32 Å². The van der Waals surface area contributed by atoms with Gasteiger partial charge in [-0.2, -0.15) is 0 Å². The Labute approximate surface area is 115 Å². The number of halogens is 1. The van der Waals surface area contributed by atoms with Crippen molar-refractivity contribution in [1.82, 2.24) is 15.0 Å². The van der Waals surface area contributed by atoms with E-state index < -0.39 is 0 Å². The molecule has 18 heavy (non-hydrogen) atoms. The van der Waals surface area contributed by atoms with Crippen molar-refractivity contribution in [1.29, 1.82) is 0 Å². The van der Waals surface area contributed by atoms with E-state index in [9.17, 15) is 0 Å². The molecule has 0 saturated heterocycles. The molecule has 4 nitrogen and oxygen atoms in total. The fourth-order valence-corrected chi connectivity index (χ4v) is 2.08. The lowest BCUT2D eigenvalue weighted by atomic mass is 10.2. The molecule has 0 aromatic carbocycles. The van der Waals surface area contributed by atoms with Crippen molar-refractivity contribution in [3.05, 3.63) is 41.3 Å². The van der Waals surface area contributed by atoms with Gasteiger partial charge in [-0.1, -0.05) is 23.4 Å². The standard InChI is InChI=1S/C12H13ClN4S/c1-18-12-16-10(13)8-11(17-12)15-7-4-9-2-5-14-6-3-9/h2-3,5-6,8H,4,7H2,1H3,(H,15,16,17). The van der Waals surface area contributed by atoms with Gasteiger partial charge in [0, 0.05) is 25.0 Å². The number of aromatic nitrogens is 3. The number of anilines is 1. The number of thioether (sulfide) groups is 1. The van der Waals surface area contributed by atoms with Crippen LogP contribution in [0.15, 0.2) is 35.7 Å². The molecule has 0 aliphatic heterocycles. The van der Waals surface area contributed by atoms with Gasteiger partial charge in [0.05, 0.1) is 0 Å². The number of nitrogens with zero attached hydrogens (tertiary/aromatic N) is 3. The first kappa shape index (κ1) is 13.1. The number of hydrogen-bond acceptors (Lipinski definition) is 5. The molecule has 0 fully saturated rings. The summed E-state index contributed by atoms with van der Waals surface area (Å²) in [7, 11) is 0. The molecule has 0 spiro atoms. The SMILES string of the molecule is CSc1nc(Cl)cc(NCCc2ccncc2)n1. The molecule has 94 valence electrons. The van der Waals surface area contributed by atoms with E-state index >= 15 is 0 Å². The molecule has 0 aliphatic carbocycles. The predicted molar refractivity (Wildman–Crippen MR) is 75.3 cm³/mol. The molecular formula is C12H13ClN4S. The Hall–Kier alpha value is -1.33.